The van der Waals surface area contributed by atoms with Crippen molar-refractivity contribution in [3.05, 3.63) is 58.6 Å². The van der Waals surface area contributed by atoms with Crippen LogP contribution in [0.1, 0.15) is 18.1 Å². The van der Waals surface area contributed by atoms with Crippen LogP contribution in [0.15, 0.2) is 42.5 Å². The van der Waals surface area contributed by atoms with E-state index < -0.39 is 6.10 Å². The number of anilines is 1. The number of aryl methyl sites for hydroxylation is 1. The van der Waals surface area contributed by atoms with E-state index in [2.05, 4.69) is 5.32 Å². The topological polar surface area (TPSA) is 58.6 Å². The second-order valence-corrected chi connectivity index (χ2v) is 5.45. The molecule has 0 radical (unpaired) electrons. The largest absolute Gasteiger partial charge is 0.481 e. The average molecular weight is 320 g/mol. The van der Waals surface area contributed by atoms with Crippen molar-refractivity contribution in [2.45, 2.75) is 26.6 Å². The lowest BCUT2D eigenvalue weighted by Gasteiger charge is -2.16. The molecule has 4 nitrogen and oxygen atoms in total. The molecule has 0 saturated carbocycles. The summed E-state index contributed by atoms with van der Waals surface area (Å²) in [5, 5.41) is 12.3. The van der Waals surface area contributed by atoms with Gasteiger partial charge in [-0.05, 0) is 49.2 Å². The zero-order valence-electron chi connectivity index (χ0n) is 12.5. The van der Waals surface area contributed by atoms with E-state index in [0.29, 0.717) is 16.5 Å². The molecule has 2 aromatic rings. The fourth-order valence-electron chi connectivity index (χ4n) is 1.94. The quantitative estimate of drug-likeness (QED) is 0.886. The van der Waals surface area contributed by atoms with Crippen LogP contribution in [0.2, 0.25) is 5.02 Å². The molecule has 0 spiro atoms. The van der Waals surface area contributed by atoms with Gasteiger partial charge in [-0.3, -0.25) is 4.79 Å². The molecule has 0 bridgehead atoms. The Bertz CT molecular complexity index is 673. The van der Waals surface area contributed by atoms with E-state index in [4.69, 9.17) is 21.4 Å². The van der Waals surface area contributed by atoms with Gasteiger partial charge in [-0.15, -0.1) is 0 Å². The van der Waals surface area contributed by atoms with E-state index >= 15 is 0 Å². The van der Waals surface area contributed by atoms with E-state index in [-0.39, 0.29) is 12.5 Å². The molecular formula is C17H18ClNO3. The molecule has 0 fully saturated rings. The highest BCUT2D eigenvalue weighted by molar-refractivity contribution is 6.33. The minimum Gasteiger partial charge on any atom is -0.481 e. The van der Waals surface area contributed by atoms with Crippen molar-refractivity contribution in [1.82, 2.24) is 0 Å². The molecule has 1 unspecified atom stereocenters. The van der Waals surface area contributed by atoms with Crippen molar-refractivity contribution >= 4 is 23.2 Å². The summed E-state index contributed by atoms with van der Waals surface area (Å²) >= 11 is 6.06. The molecule has 0 aliphatic heterocycles. The lowest BCUT2D eigenvalue weighted by atomic mass is 10.2. The first kappa shape index (κ1) is 16.3. The van der Waals surface area contributed by atoms with Crippen LogP contribution in [-0.2, 0) is 11.4 Å². The van der Waals surface area contributed by atoms with Crippen LogP contribution in [0.4, 0.5) is 5.69 Å². The van der Waals surface area contributed by atoms with Crippen LogP contribution < -0.4 is 10.1 Å². The predicted octanol–water partition coefficient (Wildman–Crippen LogP) is 3.55. The van der Waals surface area contributed by atoms with Crippen LogP contribution in [0.25, 0.3) is 0 Å². The summed E-state index contributed by atoms with van der Waals surface area (Å²) < 4.78 is 5.59. The summed E-state index contributed by atoms with van der Waals surface area (Å²) in [5.41, 5.74) is 2.29. The molecule has 0 aliphatic carbocycles. The van der Waals surface area contributed by atoms with Gasteiger partial charge in [-0.1, -0.05) is 29.8 Å². The van der Waals surface area contributed by atoms with Crippen LogP contribution >= 0.6 is 11.6 Å². The molecule has 0 aliphatic rings. The molecule has 0 saturated heterocycles. The Balaban J connectivity index is 2.04. The molecule has 1 atom stereocenters. The highest BCUT2D eigenvalue weighted by Gasteiger charge is 2.16. The summed E-state index contributed by atoms with van der Waals surface area (Å²) in [6, 6.07) is 12.4. The molecule has 2 aromatic carbocycles. The number of amides is 1. The number of hydrogen-bond acceptors (Lipinski definition) is 3. The molecule has 0 aromatic heterocycles. The van der Waals surface area contributed by atoms with Crippen LogP contribution in [0, 0.1) is 6.92 Å². The number of ether oxygens (including phenoxy) is 1. The van der Waals surface area contributed by atoms with E-state index in [1.54, 1.807) is 43.3 Å². The molecular weight excluding hydrogens is 302 g/mol. The lowest BCUT2D eigenvalue weighted by Crippen LogP contribution is -2.30. The maximum Gasteiger partial charge on any atom is 0.265 e. The third-order valence-corrected chi connectivity index (χ3v) is 3.47. The first-order valence-electron chi connectivity index (χ1n) is 6.93. The van der Waals surface area contributed by atoms with Crippen molar-refractivity contribution in [1.29, 1.82) is 0 Å². The molecule has 0 heterocycles. The van der Waals surface area contributed by atoms with Crippen molar-refractivity contribution in [2.75, 3.05) is 5.32 Å². The zero-order chi connectivity index (χ0) is 16.1. The third-order valence-electron chi connectivity index (χ3n) is 3.14. The number of rotatable bonds is 5. The van der Waals surface area contributed by atoms with Gasteiger partial charge in [0.2, 0.25) is 0 Å². The van der Waals surface area contributed by atoms with Crippen molar-refractivity contribution < 1.29 is 14.6 Å². The molecule has 22 heavy (non-hydrogen) atoms. The van der Waals surface area contributed by atoms with Gasteiger partial charge >= 0.3 is 0 Å². The van der Waals surface area contributed by atoms with E-state index in [9.17, 15) is 4.79 Å². The van der Waals surface area contributed by atoms with Gasteiger partial charge < -0.3 is 15.2 Å². The molecule has 116 valence electrons. The fourth-order valence-corrected chi connectivity index (χ4v) is 2.11. The number of nitrogens with one attached hydrogen (secondary N) is 1. The van der Waals surface area contributed by atoms with Gasteiger partial charge in [0.1, 0.15) is 5.75 Å². The third kappa shape index (κ3) is 4.23. The summed E-state index contributed by atoms with van der Waals surface area (Å²) in [6.45, 7) is 3.51. The zero-order valence-corrected chi connectivity index (χ0v) is 13.2. The number of carbonyl (C=O) groups is 1. The summed E-state index contributed by atoms with van der Waals surface area (Å²) in [6.07, 6.45) is -0.689. The Labute approximate surface area is 134 Å². The maximum atomic E-state index is 12.2. The summed E-state index contributed by atoms with van der Waals surface area (Å²) in [7, 11) is 0. The Morgan fingerprint density at radius 2 is 2.09 bits per heavy atom. The standard InChI is InChI=1S/C17H18ClNO3/c1-11-6-7-15(18)16(8-11)19-17(21)12(2)22-14-5-3-4-13(9-14)10-20/h3-9,12,20H,10H2,1-2H3,(H,19,21). The number of carbonyl (C=O) groups excluding carboxylic acids is 1. The number of aliphatic hydroxyl groups is 1. The Hall–Kier alpha value is -2.04. The van der Waals surface area contributed by atoms with Gasteiger partial charge in [0, 0.05) is 0 Å². The number of benzene rings is 2. The van der Waals surface area contributed by atoms with Crippen LogP contribution in [-0.4, -0.2) is 17.1 Å². The number of halogens is 1. The van der Waals surface area contributed by atoms with Gasteiger partial charge in [0.25, 0.3) is 5.91 Å². The van der Waals surface area contributed by atoms with E-state index in [0.717, 1.165) is 11.1 Å². The van der Waals surface area contributed by atoms with Crippen molar-refractivity contribution in [2.24, 2.45) is 0 Å². The Morgan fingerprint density at radius 3 is 2.82 bits per heavy atom. The Morgan fingerprint density at radius 1 is 1.32 bits per heavy atom. The Kier molecular flexibility index (Phi) is 5.41. The minimum atomic E-state index is -0.689. The van der Waals surface area contributed by atoms with Crippen molar-refractivity contribution in [3.63, 3.8) is 0 Å². The van der Waals surface area contributed by atoms with E-state index in [1.165, 1.54) is 0 Å². The SMILES string of the molecule is Cc1ccc(Cl)c(NC(=O)C(C)Oc2cccc(CO)c2)c1. The fraction of sp³-hybridized carbons (Fsp3) is 0.235. The van der Waals surface area contributed by atoms with Crippen LogP contribution in [0.5, 0.6) is 5.75 Å². The molecule has 1 amide bonds. The summed E-state index contributed by atoms with van der Waals surface area (Å²) in [5.74, 6) is 0.242. The molecule has 2 N–H and O–H groups in total. The maximum absolute atomic E-state index is 12.2. The van der Waals surface area contributed by atoms with Crippen molar-refractivity contribution in [3.8, 4) is 5.75 Å². The number of aliphatic hydroxyl groups excluding tert-OH is 1. The normalized spacial score (nSPS) is 11.8. The van der Waals surface area contributed by atoms with Gasteiger partial charge in [-0.2, -0.15) is 0 Å². The second kappa shape index (κ2) is 7.29. The predicted molar refractivity (Wildman–Crippen MR) is 87.3 cm³/mol. The number of hydrogen-bond donors (Lipinski definition) is 2. The van der Waals surface area contributed by atoms with E-state index in [1.807, 2.05) is 13.0 Å². The molecule has 2 rings (SSSR count). The van der Waals surface area contributed by atoms with Gasteiger partial charge in [0.05, 0.1) is 17.3 Å². The second-order valence-electron chi connectivity index (χ2n) is 5.04. The summed E-state index contributed by atoms with van der Waals surface area (Å²) in [4.78, 5) is 12.2. The highest BCUT2D eigenvalue weighted by Crippen LogP contribution is 2.23. The first-order chi connectivity index (χ1) is 10.5. The molecule has 5 heteroatoms. The smallest absolute Gasteiger partial charge is 0.265 e. The average Bonchev–Trinajstić information content (AvgIpc) is 2.51. The van der Waals surface area contributed by atoms with Gasteiger partial charge in [0.15, 0.2) is 6.10 Å². The monoisotopic (exact) mass is 319 g/mol. The van der Waals surface area contributed by atoms with Gasteiger partial charge in [-0.25, -0.2) is 0 Å². The first-order valence-corrected chi connectivity index (χ1v) is 7.31. The lowest BCUT2D eigenvalue weighted by molar-refractivity contribution is -0.122. The highest BCUT2D eigenvalue weighted by atomic mass is 35.5. The van der Waals surface area contributed by atoms with Crippen LogP contribution in [0.3, 0.4) is 0 Å². The minimum absolute atomic E-state index is 0.0727.